The van der Waals surface area contributed by atoms with Gasteiger partial charge >= 0.3 is 0 Å². The topological polar surface area (TPSA) is 49.0 Å². The zero-order chi connectivity index (χ0) is 14.0. The van der Waals surface area contributed by atoms with Gasteiger partial charge in [-0.2, -0.15) is 0 Å². The highest BCUT2D eigenvalue weighted by molar-refractivity contribution is 14.1. The number of aromatic amines is 1. The van der Waals surface area contributed by atoms with Crippen molar-refractivity contribution in [2.24, 2.45) is 0 Å². The van der Waals surface area contributed by atoms with Crippen molar-refractivity contribution in [3.8, 4) is 11.4 Å². The van der Waals surface area contributed by atoms with Crippen molar-refractivity contribution in [1.82, 2.24) is 9.97 Å². The van der Waals surface area contributed by atoms with Crippen molar-refractivity contribution in [2.45, 2.75) is 13.3 Å². The standard InChI is InChI=1S/C14H16IN3O/c1-4-11-12(15)14(19)17-13(16-11)9-5-7-10(8-6-9)18(2)3/h5-8H,4H2,1-3H3,(H,16,17,19). The molecule has 0 fully saturated rings. The first-order chi connectivity index (χ1) is 9.02. The Hall–Kier alpha value is -1.37. The smallest absolute Gasteiger partial charge is 0.264 e. The van der Waals surface area contributed by atoms with Crippen LogP contribution in [0.15, 0.2) is 29.1 Å². The first-order valence-corrected chi connectivity index (χ1v) is 7.17. The first-order valence-electron chi connectivity index (χ1n) is 6.09. The molecule has 0 aliphatic rings. The quantitative estimate of drug-likeness (QED) is 0.847. The van der Waals surface area contributed by atoms with Gasteiger partial charge in [-0.25, -0.2) is 4.98 Å². The van der Waals surface area contributed by atoms with E-state index in [1.54, 1.807) is 0 Å². The number of H-pyrrole nitrogens is 1. The summed E-state index contributed by atoms with van der Waals surface area (Å²) in [6, 6.07) is 7.97. The molecular formula is C14H16IN3O. The van der Waals surface area contributed by atoms with Gasteiger partial charge < -0.3 is 9.88 Å². The zero-order valence-electron chi connectivity index (χ0n) is 11.2. The van der Waals surface area contributed by atoms with Crippen molar-refractivity contribution in [2.75, 3.05) is 19.0 Å². The molecule has 0 bridgehead atoms. The van der Waals surface area contributed by atoms with Crippen LogP contribution in [0.3, 0.4) is 0 Å². The molecule has 1 aromatic carbocycles. The third-order valence-corrected chi connectivity index (χ3v) is 4.04. The molecule has 5 heteroatoms. The second-order valence-electron chi connectivity index (χ2n) is 4.47. The number of hydrogen-bond acceptors (Lipinski definition) is 3. The van der Waals surface area contributed by atoms with Gasteiger partial charge in [0.2, 0.25) is 0 Å². The number of aromatic nitrogens is 2. The molecule has 0 atom stereocenters. The van der Waals surface area contributed by atoms with Gasteiger partial charge in [0.25, 0.3) is 5.56 Å². The Morgan fingerprint density at radius 3 is 2.42 bits per heavy atom. The molecule has 4 nitrogen and oxygen atoms in total. The maximum absolute atomic E-state index is 11.9. The summed E-state index contributed by atoms with van der Waals surface area (Å²) in [4.78, 5) is 21.2. The van der Waals surface area contributed by atoms with Crippen LogP contribution >= 0.6 is 22.6 Å². The highest BCUT2D eigenvalue weighted by atomic mass is 127. The average Bonchev–Trinajstić information content (AvgIpc) is 2.41. The number of hydrogen-bond donors (Lipinski definition) is 1. The van der Waals surface area contributed by atoms with Gasteiger partial charge in [-0.05, 0) is 53.3 Å². The molecule has 0 unspecified atom stereocenters. The monoisotopic (exact) mass is 369 g/mol. The van der Waals surface area contributed by atoms with Gasteiger partial charge in [0.15, 0.2) is 0 Å². The third kappa shape index (κ3) is 2.97. The molecular weight excluding hydrogens is 353 g/mol. The summed E-state index contributed by atoms with van der Waals surface area (Å²) >= 11 is 2.04. The Kier molecular flexibility index (Phi) is 4.24. The molecule has 0 saturated heterocycles. The van der Waals surface area contributed by atoms with Gasteiger partial charge in [0, 0.05) is 25.3 Å². The fraction of sp³-hybridized carbons (Fsp3) is 0.286. The molecule has 2 rings (SSSR count). The van der Waals surface area contributed by atoms with Crippen LogP contribution in [-0.2, 0) is 6.42 Å². The Morgan fingerprint density at radius 2 is 1.89 bits per heavy atom. The molecule has 1 aromatic heterocycles. The predicted octanol–water partition coefficient (Wildman–Crippen LogP) is 2.67. The summed E-state index contributed by atoms with van der Waals surface area (Å²) in [5.41, 5.74) is 2.82. The molecule has 2 aromatic rings. The maximum atomic E-state index is 11.9. The van der Waals surface area contributed by atoms with Gasteiger partial charge in [0.1, 0.15) is 5.82 Å². The van der Waals surface area contributed by atoms with Crippen LogP contribution in [-0.4, -0.2) is 24.1 Å². The lowest BCUT2D eigenvalue weighted by Crippen LogP contribution is -2.16. The summed E-state index contributed by atoms with van der Waals surface area (Å²) in [7, 11) is 3.99. The SMILES string of the molecule is CCc1nc(-c2ccc(N(C)C)cc2)[nH]c(=O)c1I. The Labute approximate surface area is 126 Å². The van der Waals surface area contributed by atoms with E-state index in [1.807, 2.05) is 72.8 Å². The highest BCUT2D eigenvalue weighted by Gasteiger charge is 2.08. The largest absolute Gasteiger partial charge is 0.378 e. The van der Waals surface area contributed by atoms with E-state index >= 15 is 0 Å². The van der Waals surface area contributed by atoms with E-state index in [0.29, 0.717) is 9.39 Å². The molecule has 0 aliphatic carbocycles. The summed E-state index contributed by atoms with van der Waals surface area (Å²) in [5, 5.41) is 0. The minimum Gasteiger partial charge on any atom is -0.378 e. The summed E-state index contributed by atoms with van der Waals surface area (Å²) in [6.07, 6.45) is 0.755. The van der Waals surface area contributed by atoms with Crippen molar-refractivity contribution < 1.29 is 0 Å². The van der Waals surface area contributed by atoms with E-state index in [4.69, 9.17) is 0 Å². The number of anilines is 1. The molecule has 100 valence electrons. The van der Waals surface area contributed by atoms with E-state index in [1.165, 1.54) is 0 Å². The van der Waals surface area contributed by atoms with E-state index in [9.17, 15) is 4.79 Å². The van der Waals surface area contributed by atoms with E-state index in [0.717, 1.165) is 23.4 Å². The molecule has 0 saturated carbocycles. The summed E-state index contributed by atoms with van der Waals surface area (Å²) in [5.74, 6) is 0.632. The average molecular weight is 369 g/mol. The Morgan fingerprint density at radius 1 is 1.26 bits per heavy atom. The lowest BCUT2D eigenvalue weighted by atomic mass is 10.2. The number of rotatable bonds is 3. The van der Waals surface area contributed by atoms with Crippen LogP contribution in [0.1, 0.15) is 12.6 Å². The number of nitrogens with zero attached hydrogens (tertiary/aromatic N) is 2. The summed E-state index contributed by atoms with van der Waals surface area (Å²) < 4.78 is 0.675. The third-order valence-electron chi connectivity index (χ3n) is 2.92. The van der Waals surface area contributed by atoms with Crippen LogP contribution < -0.4 is 10.5 Å². The molecule has 0 spiro atoms. The highest BCUT2D eigenvalue weighted by Crippen LogP contribution is 2.19. The number of halogens is 1. The van der Waals surface area contributed by atoms with Crippen LogP contribution in [0, 0.1) is 3.57 Å². The first kappa shape index (κ1) is 14.0. The number of aryl methyl sites for hydroxylation is 1. The summed E-state index contributed by atoms with van der Waals surface area (Å²) in [6.45, 7) is 2.00. The molecule has 1 heterocycles. The van der Waals surface area contributed by atoms with E-state index in [2.05, 4.69) is 9.97 Å². The van der Waals surface area contributed by atoms with Crippen LogP contribution in [0.5, 0.6) is 0 Å². The van der Waals surface area contributed by atoms with Gasteiger partial charge in [-0.1, -0.05) is 6.92 Å². The number of benzene rings is 1. The maximum Gasteiger partial charge on any atom is 0.264 e. The van der Waals surface area contributed by atoms with Crippen LogP contribution in [0.25, 0.3) is 11.4 Å². The fourth-order valence-corrected chi connectivity index (χ4v) is 2.43. The Bertz CT molecular complexity index is 632. The van der Waals surface area contributed by atoms with Crippen molar-refractivity contribution in [3.63, 3.8) is 0 Å². The minimum absolute atomic E-state index is 0.0702. The second-order valence-corrected chi connectivity index (χ2v) is 5.55. The molecule has 19 heavy (non-hydrogen) atoms. The van der Waals surface area contributed by atoms with Crippen molar-refractivity contribution in [3.05, 3.63) is 43.9 Å². The Balaban J connectivity index is 2.47. The fourth-order valence-electron chi connectivity index (χ4n) is 1.79. The predicted molar refractivity (Wildman–Crippen MR) is 86.7 cm³/mol. The van der Waals surface area contributed by atoms with Gasteiger partial charge in [0.05, 0.1) is 9.26 Å². The number of nitrogens with one attached hydrogen (secondary N) is 1. The minimum atomic E-state index is -0.0702. The zero-order valence-corrected chi connectivity index (χ0v) is 13.4. The lowest BCUT2D eigenvalue weighted by molar-refractivity contribution is 0.968. The second kappa shape index (κ2) is 5.73. The van der Waals surface area contributed by atoms with Crippen molar-refractivity contribution in [1.29, 1.82) is 0 Å². The molecule has 0 radical (unpaired) electrons. The molecule has 0 aliphatic heterocycles. The van der Waals surface area contributed by atoms with Gasteiger partial charge in [-0.15, -0.1) is 0 Å². The van der Waals surface area contributed by atoms with E-state index < -0.39 is 0 Å². The lowest BCUT2D eigenvalue weighted by Gasteiger charge is -2.12. The van der Waals surface area contributed by atoms with Crippen LogP contribution in [0.2, 0.25) is 0 Å². The molecule has 0 amide bonds. The van der Waals surface area contributed by atoms with Gasteiger partial charge in [-0.3, -0.25) is 4.79 Å². The normalized spacial score (nSPS) is 10.5. The van der Waals surface area contributed by atoms with E-state index in [-0.39, 0.29) is 5.56 Å². The molecule has 1 N–H and O–H groups in total. The van der Waals surface area contributed by atoms with Crippen LogP contribution in [0.4, 0.5) is 5.69 Å². The van der Waals surface area contributed by atoms with Crippen molar-refractivity contribution >= 4 is 28.3 Å².